The molecular formula is C66H77F3N8O9. The van der Waals surface area contributed by atoms with Crippen molar-refractivity contribution in [3.63, 3.8) is 0 Å². The summed E-state index contributed by atoms with van der Waals surface area (Å²) in [4.78, 5) is 68.0. The molecule has 1 atom stereocenters. The number of amides is 4. The van der Waals surface area contributed by atoms with E-state index >= 15 is 0 Å². The molecule has 7 N–H and O–H groups in total. The van der Waals surface area contributed by atoms with Crippen molar-refractivity contribution in [2.75, 3.05) is 51.5 Å². The number of aromatic hydroxyl groups is 1. The minimum Gasteiger partial charge on any atom is -0.542 e. The predicted molar refractivity (Wildman–Crippen MR) is 323 cm³/mol. The Morgan fingerprint density at radius 1 is 0.767 bits per heavy atom. The van der Waals surface area contributed by atoms with Crippen molar-refractivity contribution in [2.45, 2.75) is 103 Å². The number of likely N-dealkylation sites (N-methyl/N-ethyl adjacent to an activating group) is 1. The lowest BCUT2D eigenvalue weighted by atomic mass is 9.81. The van der Waals surface area contributed by atoms with Gasteiger partial charge in [-0.1, -0.05) is 129 Å². The minimum atomic E-state index is -5.19. The van der Waals surface area contributed by atoms with Crippen LogP contribution in [0.4, 0.5) is 18.9 Å². The summed E-state index contributed by atoms with van der Waals surface area (Å²) < 4.78 is 45.4. The fourth-order valence-corrected chi connectivity index (χ4v) is 10.2. The summed E-state index contributed by atoms with van der Waals surface area (Å²) in [7, 11) is 2.15. The molecule has 0 spiro atoms. The second-order valence-electron chi connectivity index (χ2n) is 21.2. The molecular weight excluding hydrogens is 1110 g/mol. The van der Waals surface area contributed by atoms with Crippen molar-refractivity contribution in [3.05, 3.63) is 191 Å². The number of aliphatic carboxylic acids is 1. The highest BCUT2D eigenvalue weighted by molar-refractivity contribution is 5.97. The summed E-state index contributed by atoms with van der Waals surface area (Å²) in [6.45, 7) is 12.1. The number of nitrogens with one attached hydrogen (secondary N) is 4. The molecule has 17 nitrogen and oxygen atoms in total. The highest BCUT2D eigenvalue weighted by Crippen LogP contribution is 2.50. The monoisotopic (exact) mass is 1180 g/mol. The van der Waals surface area contributed by atoms with Gasteiger partial charge in [-0.25, -0.2) is 0 Å². The molecule has 0 radical (unpaired) electrons. The van der Waals surface area contributed by atoms with Gasteiger partial charge in [0.1, 0.15) is 24.4 Å². The smallest absolute Gasteiger partial charge is 0.430 e. The standard InChI is InChI=1S/C64H76N8O7.C2HF3O2/c1-45-42-48(18-16-26-56-64(3,4)60-53-24-13-12-19-49(53)31-34-55(60)71(56)5)43-46(2)72(45)37-39-79-41-40-78-38-36-66-57(74)27-14-15-28-58(75)70-63(65)67-35-17-25-54(61(76)68-44-47-29-32-52(73)33-30-47)69-62(77)59(50-20-8-6-9-21-50)51-22-10-7-11-23-51;3-2(4,5)1(6)7/h6-13,16,18-24,26,29-34,42-43,54,59H,14-15,17,25,27-28,35-41,44H2,1-5H3,(H6-,65,66,67,68,69,70,73,74,75,76,77);(H,6,7)/t54-;/m1./s1. The highest BCUT2D eigenvalue weighted by atomic mass is 19.4. The molecule has 4 amide bonds. The molecule has 6 aromatic rings. The van der Waals surface area contributed by atoms with E-state index in [0.717, 1.165) is 40.2 Å². The summed E-state index contributed by atoms with van der Waals surface area (Å²) in [6, 6.07) is 41.8. The van der Waals surface area contributed by atoms with Crippen molar-refractivity contribution in [3.8, 4) is 5.75 Å². The number of guanidine groups is 1. The van der Waals surface area contributed by atoms with E-state index in [2.05, 4.69) is 137 Å². The Bertz CT molecular complexity index is 3270. The maximum absolute atomic E-state index is 14.0. The second-order valence-corrected chi connectivity index (χ2v) is 21.2. The number of allylic oxidation sites excluding steroid dienone is 3. The number of alkyl halides is 3. The number of hydrogen-bond acceptors (Lipinski definition) is 11. The number of carboxylic acids is 1. The first kappa shape index (κ1) is 66.3. The minimum absolute atomic E-state index is 0.0519. The molecule has 5 aromatic carbocycles. The van der Waals surface area contributed by atoms with Gasteiger partial charge in [-0.3, -0.25) is 29.5 Å². The quantitative estimate of drug-likeness (QED) is 0.0127. The van der Waals surface area contributed by atoms with Crippen molar-refractivity contribution in [1.29, 1.82) is 0 Å². The number of pyridine rings is 1. The van der Waals surface area contributed by atoms with Crippen LogP contribution in [0.3, 0.4) is 0 Å². The molecule has 2 heterocycles. The SMILES string of the molecule is Cc1cc(/C=C/C=C2\N(C)c3ccc4ccccc4c3C2(C)C)cc(C)[n+]1CCOCCOCCNC(=O)CCCCC(=O)NC(N)=NCCC[C@@H](NC(=O)C(c1ccccc1)c1ccccc1)C(=O)NCc1ccc(O)cc1.O=C([O-])C(F)(F)F. The Kier molecular flexibility index (Phi) is 25.0. The topological polar surface area (TPSA) is 241 Å². The van der Waals surface area contributed by atoms with Crippen LogP contribution < -0.4 is 41.6 Å². The van der Waals surface area contributed by atoms with Crippen LogP contribution >= 0.6 is 0 Å². The lowest BCUT2D eigenvalue weighted by Crippen LogP contribution is -2.48. The number of carbonyl (C=O) groups excluding carboxylic acids is 5. The number of carbonyl (C=O) groups is 5. The van der Waals surface area contributed by atoms with Crippen molar-refractivity contribution in [2.24, 2.45) is 10.7 Å². The third-order valence-electron chi connectivity index (χ3n) is 14.5. The fourth-order valence-electron chi connectivity index (χ4n) is 10.2. The number of phenols is 1. The van der Waals surface area contributed by atoms with Crippen molar-refractivity contribution < 1.29 is 61.4 Å². The van der Waals surface area contributed by atoms with Gasteiger partial charge in [-0.05, 0) is 88.5 Å². The van der Waals surface area contributed by atoms with Gasteiger partial charge in [-0.15, -0.1) is 0 Å². The number of aryl methyl sites for hydroxylation is 2. The van der Waals surface area contributed by atoms with Crippen LogP contribution in [0.15, 0.2) is 156 Å². The number of phenolic OH excluding ortho intramolecular Hbond substituents is 1. The molecule has 20 heteroatoms. The van der Waals surface area contributed by atoms with Crippen molar-refractivity contribution in [1.82, 2.24) is 21.3 Å². The van der Waals surface area contributed by atoms with E-state index in [1.165, 1.54) is 27.7 Å². The molecule has 1 aliphatic heterocycles. The average Bonchev–Trinajstić information content (AvgIpc) is 1.72. The number of unbranched alkanes of at least 4 members (excludes halogenated alkanes) is 1. The number of fused-ring (bicyclic) bond motifs is 3. The predicted octanol–water partition coefficient (Wildman–Crippen LogP) is 7.63. The van der Waals surface area contributed by atoms with E-state index in [-0.39, 0.29) is 73.1 Å². The Balaban J connectivity index is 0.00000159. The lowest BCUT2D eigenvalue weighted by molar-refractivity contribution is -0.710. The number of aromatic nitrogens is 1. The summed E-state index contributed by atoms with van der Waals surface area (Å²) in [5, 5.41) is 32.4. The van der Waals surface area contributed by atoms with E-state index < -0.39 is 24.1 Å². The summed E-state index contributed by atoms with van der Waals surface area (Å²) in [6.07, 6.45) is 3.43. The molecule has 456 valence electrons. The first-order chi connectivity index (χ1) is 41.1. The van der Waals surface area contributed by atoms with E-state index in [1.807, 2.05) is 60.7 Å². The van der Waals surface area contributed by atoms with Crippen LogP contribution in [-0.2, 0) is 52.0 Å². The van der Waals surface area contributed by atoms with Gasteiger partial charge in [0, 0.05) is 82.3 Å². The van der Waals surface area contributed by atoms with Gasteiger partial charge in [0.05, 0.1) is 25.7 Å². The number of benzene rings is 5. The summed E-state index contributed by atoms with van der Waals surface area (Å²) >= 11 is 0. The Morgan fingerprint density at radius 2 is 1.36 bits per heavy atom. The molecule has 1 aromatic heterocycles. The molecule has 0 saturated carbocycles. The van der Waals surface area contributed by atoms with Crippen LogP contribution in [0.2, 0.25) is 0 Å². The third kappa shape index (κ3) is 19.9. The Morgan fingerprint density at radius 3 is 1.99 bits per heavy atom. The van der Waals surface area contributed by atoms with Gasteiger partial charge in [0.25, 0.3) is 0 Å². The fraction of sp³-hybridized carbons (Fsp3) is 0.348. The van der Waals surface area contributed by atoms with Gasteiger partial charge < -0.3 is 51.1 Å². The van der Waals surface area contributed by atoms with Crippen LogP contribution in [0.25, 0.3) is 16.8 Å². The molecule has 7 rings (SSSR count). The molecule has 0 fully saturated rings. The molecule has 1 aliphatic rings. The maximum atomic E-state index is 14.0. The highest BCUT2D eigenvalue weighted by Gasteiger charge is 2.39. The number of halogens is 3. The first-order valence-corrected chi connectivity index (χ1v) is 28.6. The molecule has 0 saturated heterocycles. The molecule has 0 unspecified atom stereocenters. The number of carboxylic acid groups (broad SMARTS) is 1. The third-order valence-corrected chi connectivity index (χ3v) is 14.5. The lowest BCUT2D eigenvalue weighted by Gasteiger charge is -2.24. The van der Waals surface area contributed by atoms with Gasteiger partial charge >= 0.3 is 6.18 Å². The zero-order valence-corrected chi connectivity index (χ0v) is 49.3. The summed E-state index contributed by atoms with van der Waals surface area (Å²) in [5.74, 6) is -4.73. The summed E-state index contributed by atoms with van der Waals surface area (Å²) in [5.41, 5.74) is 15.6. The van der Waals surface area contributed by atoms with Crippen molar-refractivity contribution >= 4 is 58.1 Å². The zero-order valence-electron chi connectivity index (χ0n) is 49.3. The second kappa shape index (κ2) is 32.4. The largest absolute Gasteiger partial charge is 0.542 e. The molecule has 0 aliphatic carbocycles. The Hall–Kier alpha value is -8.88. The van der Waals surface area contributed by atoms with E-state index in [0.29, 0.717) is 52.2 Å². The number of anilines is 1. The maximum Gasteiger partial charge on any atom is 0.430 e. The van der Waals surface area contributed by atoms with Gasteiger partial charge in [0.15, 0.2) is 23.9 Å². The molecule has 86 heavy (non-hydrogen) atoms. The first-order valence-electron chi connectivity index (χ1n) is 28.6. The number of hydrogen-bond donors (Lipinski definition) is 6. The molecule has 0 bridgehead atoms. The van der Waals surface area contributed by atoms with Crippen LogP contribution in [0.1, 0.15) is 97.5 Å². The van der Waals surface area contributed by atoms with Crippen LogP contribution in [-0.4, -0.2) is 99.4 Å². The van der Waals surface area contributed by atoms with E-state index in [9.17, 15) is 37.5 Å². The van der Waals surface area contributed by atoms with Crippen LogP contribution in [0.5, 0.6) is 5.75 Å². The number of nitrogens with zero attached hydrogens (tertiary/aromatic N) is 3. The van der Waals surface area contributed by atoms with E-state index in [1.54, 1.807) is 24.3 Å². The number of nitrogens with two attached hydrogens (primary N) is 1. The Labute approximate surface area is 500 Å². The van der Waals surface area contributed by atoms with E-state index in [4.69, 9.17) is 25.1 Å². The zero-order chi connectivity index (χ0) is 62.2. The number of ether oxygens (including phenoxy) is 2. The normalized spacial score (nSPS) is 13.7. The number of rotatable bonds is 27. The van der Waals surface area contributed by atoms with Gasteiger partial charge in [0.2, 0.25) is 23.6 Å². The number of aliphatic imine (C=N–C) groups is 1. The average molecular weight is 1180 g/mol. The van der Waals surface area contributed by atoms with Gasteiger partial charge in [-0.2, -0.15) is 17.7 Å². The van der Waals surface area contributed by atoms with Crippen LogP contribution in [0, 0.1) is 13.8 Å².